The van der Waals surface area contributed by atoms with Crippen LogP contribution < -0.4 is 5.32 Å². The van der Waals surface area contributed by atoms with Crippen molar-refractivity contribution in [2.75, 3.05) is 5.32 Å². The van der Waals surface area contributed by atoms with E-state index in [2.05, 4.69) is 26.2 Å². The lowest BCUT2D eigenvalue weighted by atomic mass is 10.2. The third kappa shape index (κ3) is 3.39. The zero-order valence-electron chi connectivity index (χ0n) is 10.4. The molecular formula is C13H12BrFN2OS. The van der Waals surface area contributed by atoms with Gasteiger partial charge in [-0.3, -0.25) is 10.1 Å². The fourth-order valence-electron chi connectivity index (χ4n) is 1.42. The molecule has 2 aromatic rings. The van der Waals surface area contributed by atoms with E-state index in [4.69, 9.17) is 0 Å². The normalized spacial score (nSPS) is 10.8. The number of amides is 1. The molecule has 1 heterocycles. The van der Waals surface area contributed by atoms with Crippen molar-refractivity contribution in [1.82, 2.24) is 4.98 Å². The van der Waals surface area contributed by atoms with Crippen LogP contribution in [-0.2, 0) is 0 Å². The van der Waals surface area contributed by atoms with E-state index in [0.29, 0.717) is 16.6 Å². The average Bonchev–Trinajstić information content (AvgIpc) is 2.81. The number of anilines is 1. The highest BCUT2D eigenvalue weighted by atomic mass is 79.9. The van der Waals surface area contributed by atoms with Gasteiger partial charge < -0.3 is 0 Å². The summed E-state index contributed by atoms with van der Waals surface area (Å²) >= 11 is 4.43. The van der Waals surface area contributed by atoms with E-state index in [1.807, 2.05) is 19.2 Å². The van der Waals surface area contributed by atoms with E-state index >= 15 is 0 Å². The molecule has 1 amide bonds. The Hall–Kier alpha value is -1.27. The number of rotatable bonds is 3. The lowest BCUT2D eigenvalue weighted by Crippen LogP contribution is -2.12. The number of nitrogens with zero attached hydrogens (tertiary/aromatic N) is 1. The quantitative estimate of drug-likeness (QED) is 0.896. The van der Waals surface area contributed by atoms with Crippen LogP contribution in [0, 0.1) is 5.82 Å². The summed E-state index contributed by atoms with van der Waals surface area (Å²) in [5.74, 6) is -0.375. The minimum absolute atomic E-state index is 0.266. The maximum atomic E-state index is 13.1. The summed E-state index contributed by atoms with van der Waals surface area (Å²) in [4.78, 5) is 16.3. The molecule has 0 unspecified atom stereocenters. The standard InChI is InChI=1S/C13H12BrFN2OS/c1-7(2)11-6-19-13(16-11)17-12(18)8-3-4-10(15)9(14)5-8/h3-7H,1-2H3,(H,16,17,18). The van der Waals surface area contributed by atoms with Gasteiger partial charge in [0, 0.05) is 10.9 Å². The summed E-state index contributed by atoms with van der Waals surface area (Å²) in [6.45, 7) is 4.08. The summed E-state index contributed by atoms with van der Waals surface area (Å²) in [5, 5.41) is 5.17. The molecule has 19 heavy (non-hydrogen) atoms. The van der Waals surface area contributed by atoms with Crippen molar-refractivity contribution in [3.8, 4) is 0 Å². The van der Waals surface area contributed by atoms with E-state index in [1.54, 1.807) is 0 Å². The average molecular weight is 343 g/mol. The van der Waals surface area contributed by atoms with Gasteiger partial charge in [0.1, 0.15) is 5.82 Å². The minimum atomic E-state index is -0.395. The van der Waals surface area contributed by atoms with Crippen LogP contribution in [0.3, 0.4) is 0 Å². The van der Waals surface area contributed by atoms with Crippen LogP contribution in [0.4, 0.5) is 9.52 Å². The van der Waals surface area contributed by atoms with Crippen molar-refractivity contribution in [1.29, 1.82) is 0 Å². The Balaban J connectivity index is 2.13. The second-order valence-corrected chi connectivity index (χ2v) is 6.03. The van der Waals surface area contributed by atoms with Crippen molar-refractivity contribution in [2.24, 2.45) is 0 Å². The zero-order chi connectivity index (χ0) is 14.0. The van der Waals surface area contributed by atoms with Gasteiger partial charge in [-0.25, -0.2) is 9.37 Å². The van der Waals surface area contributed by atoms with Crippen LogP contribution in [0.15, 0.2) is 28.1 Å². The predicted molar refractivity (Wildman–Crippen MR) is 78.3 cm³/mol. The Labute approximate surface area is 123 Å². The van der Waals surface area contributed by atoms with Crippen molar-refractivity contribution < 1.29 is 9.18 Å². The first-order valence-electron chi connectivity index (χ1n) is 5.69. The van der Waals surface area contributed by atoms with E-state index < -0.39 is 5.82 Å². The van der Waals surface area contributed by atoms with Gasteiger partial charge in [-0.2, -0.15) is 0 Å². The van der Waals surface area contributed by atoms with Crippen LogP contribution in [-0.4, -0.2) is 10.9 Å². The number of hydrogen-bond donors (Lipinski definition) is 1. The first-order valence-corrected chi connectivity index (χ1v) is 7.36. The van der Waals surface area contributed by atoms with Crippen LogP contribution in [0.1, 0.15) is 35.8 Å². The van der Waals surface area contributed by atoms with Crippen LogP contribution in [0.25, 0.3) is 0 Å². The Morgan fingerprint density at radius 3 is 2.79 bits per heavy atom. The summed E-state index contributed by atoms with van der Waals surface area (Å²) in [6.07, 6.45) is 0. The molecule has 0 aliphatic rings. The van der Waals surface area contributed by atoms with Gasteiger partial charge >= 0.3 is 0 Å². The number of thiazole rings is 1. The van der Waals surface area contributed by atoms with Crippen LogP contribution in [0.5, 0.6) is 0 Å². The largest absolute Gasteiger partial charge is 0.298 e. The van der Waals surface area contributed by atoms with Crippen molar-refractivity contribution in [2.45, 2.75) is 19.8 Å². The van der Waals surface area contributed by atoms with E-state index in [0.717, 1.165) is 5.69 Å². The van der Waals surface area contributed by atoms with Gasteiger partial charge in [0.15, 0.2) is 5.13 Å². The number of nitrogens with one attached hydrogen (secondary N) is 1. The molecule has 2 rings (SSSR count). The highest BCUT2D eigenvalue weighted by Gasteiger charge is 2.12. The molecule has 0 radical (unpaired) electrons. The highest BCUT2D eigenvalue weighted by molar-refractivity contribution is 9.10. The molecule has 0 saturated heterocycles. The third-order valence-electron chi connectivity index (χ3n) is 2.52. The Morgan fingerprint density at radius 2 is 2.21 bits per heavy atom. The van der Waals surface area contributed by atoms with Crippen LogP contribution in [0.2, 0.25) is 0 Å². The van der Waals surface area contributed by atoms with Gasteiger partial charge in [-0.1, -0.05) is 13.8 Å². The van der Waals surface area contributed by atoms with Crippen molar-refractivity contribution >= 4 is 38.3 Å². The lowest BCUT2D eigenvalue weighted by molar-refractivity contribution is 0.102. The smallest absolute Gasteiger partial charge is 0.257 e. The first-order chi connectivity index (χ1) is 8.97. The lowest BCUT2D eigenvalue weighted by Gasteiger charge is -2.03. The highest BCUT2D eigenvalue weighted by Crippen LogP contribution is 2.23. The Bertz CT molecular complexity index is 612. The third-order valence-corrected chi connectivity index (χ3v) is 3.90. The number of aromatic nitrogens is 1. The molecule has 0 aliphatic carbocycles. The SMILES string of the molecule is CC(C)c1csc(NC(=O)c2ccc(F)c(Br)c2)n1. The van der Waals surface area contributed by atoms with Gasteiger partial charge in [-0.05, 0) is 40.0 Å². The number of benzene rings is 1. The molecule has 1 aromatic carbocycles. The van der Waals surface area contributed by atoms with E-state index in [-0.39, 0.29) is 10.4 Å². The molecule has 1 N–H and O–H groups in total. The van der Waals surface area contributed by atoms with Crippen molar-refractivity contribution in [3.63, 3.8) is 0 Å². The number of carbonyl (C=O) groups excluding carboxylic acids is 1. The number of hydrogen-bond acceptors (Lipinski definition) is 3. The van der Waals surface area contributed by atoms with Gasteiger partial charge in [0.05, 0.1) is 10.2 Å². The van der Waals surface area contributed by atoms with Gasteiger partial charge in [0.25, 0.3) is 5.91 Å². The maximum absolute atomic E-state index is 13.1. The number of carbonyl (C=O) groups is 1. The Kier molecular flexibility index (Phi) is 4.31. The fourth-order valence-corrected chi connectivity index (χ4v) is 2.66. The van der Waals surface area contributed by atoms with E-state index in [9.17, 15) is 9.18 Å². The molecule has 0 bridgehead atoms. The molecule has 3 nitrogen and oxygen atoms in total. The molecule has 0 saturated carbocycles. The number of halogens is 2. The van der Waals surface area contributed by atoms with Crippen molar-refractivity contribution in [3.05, 3.63) is 45.1 Å². The molecule has 6 heteroatoms. The second kappa shape index (κ2) is 5.79. The first kappa shape index (κ1) is 14.1. The monoisotopic (exact) mass is 342 g/mol. The molecule has 0 atom stereocenters. The summed E-state index contributed by atoms with van der Waals surface area (Å²) in [5.41, 5.74) is 1.33. The predicted octanol–water partition coefficient (Wildman–Crippen LogP) is 4.42. The summed E-state index contributed by atoms with van der Waals surface area (Å²) < 4.78 is 13.4. The van der Waals surface area contributed by atoms with Gasteiger partial charge in [0.2, 0.25) is 0 Å². The zero-order valence-corrected chi connectivity index (χ0v) is 12.8. The van der Waals surface area contributed by atoms with Crippen LogP contribution >= 0.6 is 27.3 Å². The Morgan fingerprint density at radius 1 is 1.47 bits per heavy atom. The van der Waals surface area contributed by atoms with Gasteiger partial charge in [-0.15, -0.1) is 11.3 Å². The second-order valence-electron chi connectivity index (χ2n) is 4.32. The summed E-state index contributed by atoms with van der Waals surface area (Å²) in [7, 11) is 0. The molecule has 0 spiro atoms. The summed E-state index contributed by atoms with van der Waals surface area (Å²) in [6, 6.07) is 4.13. The van der Waals surface area contributed by atoms with E-state index in [1.165, 1.54) is 29.5 Å². The molecule has 0 fully saturated rings. The topological polar surface area (TPSA) is 42.0 Å². The fraction of sp³-hybridized carbons (Fsp3) is 0.231. The molecule has 100 valence electrons. The molecular weight excluding hydrogens is 331 g/mol. The maximum Gasteiger partial charge on any atom is 0.257 e. The minimum Gasteiger partial charge on any atom is -0.298 e. The molecule has 1 aromatic heterocycles. The molecule has 0 aliphatic heterocycles.